The topological polar surface area (TPSA) is 125 Å². The van der Waals surface area contributed by atoms with Crippen LogP contribution in [0.2, 0.25) is 5.02 Å². The van der Waals surface area contributed by atoms with Crippen LogP contribution in [0.4, 0.5) is 5.69 Å². The van der Waals surface area contributed by atoms with Gasteiger partial charge in [-0.3, -0.25) is 19.2 Å². The Morgan fingerprint density at radius 1 is 0.936 bits per heavy atom. The Labute approximate surface area is 279 Å². The molecule has 2 saturated heterocycles. The number of hydrogen-bond donors (Lipinski definition) is 2. The monoisotopic (exact) mass is 661 g/mol. The van der Waals surface area contributed by atoms with E-state index in [1.807, 2.05) is 42.5 Å². The number of carbonyl (C=O) groups is 4. The third kappa shape index (κ3) is 6.46. The molecule has 2 fully saturated rings. The third-order valence-electron chi connectivity index (χ3n) is 9.50. The molecule has 0 radical (unpaired) electrons. The maximum absolute atomic E-state index is 14.8. The summed E-state index contributed by atoms with van der Waals surface area (Å²) in [6.07, 6.45) is 9.11. The Hall–Kier alpha value is -3.99. The van der Waals surface area contributed by atoms with Gasteiger partial charge in [0.05, 0.1) is 29.3 Å². The van der Waals surface area contributed by atoms with Crippen molar-refractivity contribution < 1.29 is 33.8 Å². The number of likely N-dealkylation sites (tertiary alicyclic amines) is 1. The second kappa shape index (κ2) is 14.4. The number of ether oxygens (including phenoxy) is 2. The molecule has 0 aromatic heterocycles. The minimum atomic E-state index is -1.37. The fraction of sp³-hybridized carbons (Fsp3) is 0.444. The molecule has 2 N–H and O–H groups in total. The normalized spacial score (nSPS) is 30.0. The molecule has 2 aromatic rings. The van der Waals surface area contributed by atoms with E-state index >= 15 is 0 Å². The summed E-state index contributed by atoms with van der Waals surface area (Å²) in [4.78, 5) is 59.3. The molecular formula is C36H40ClN3O7. The fourth-order valence-electron chi connectivity index (χ4n) is 7.25. The van der Waals surface area contributed by atoms with Gasteiger partial charge in [0.2, 0.25) is 11.8 Å². The van der Waals surface area contributed by atoms with Gasteiger partial charge in [-0.2, -0.15) is 0 Å². The zero-order valence-electron chi connectivity index (χ0n) is 26.1. The molecule has 4 aliphatic rings. The molecule has 0 aliphatic carbocycles. The van der Waals surface area contributed by atoms with Crippen molar-refractivity contribution in [1.29, 1.82) is 0 Å². The van der Waals surface area contributed by atoms with Crippen molar-refractivity contribution in [2.75, 3.05) is 31.1 Å². The Balaban J connectivity index is 1.40. The van der Waals surface area contributed by atoms with E-state index in [0.717, 1.165) is 12.8 Å². The average molecular weight is 662 g/mol. The molecule has 248 valence electrons. The average Bonchev–Trinajstić information content (AvgIpc) is 3.72. The number of esters is 1. The number of aliphatic hydroxyl groups excluding tert-OH is 1. The minimum absolute atomic E-state index is 0.0670. The Morgan fingerprint density at radius 2 is 1.70 bits per heavy atom. The van der Waals surface area contributed by atoms with Crippen molar-refractivity contribution >= 4 is 41.0 Å². The number of hydrogen-bond acceptors (Lipinski definition) is 7. The van der Waals surface area contributed by atoms with Crippen molar-refractivity contribution in [2.45, 2.75) is 62.4 Å². The van der Waals surface area contributed by atoms with Gasteiger partial charge >= 0.3 is 5.97 Å². The van der Waals surface area contributed by atoms with E-state index in [0.29, 0.717) is 35.5 Å². The van der Waals surface area contributed by atoms with Crippen LogP contribution in [0.5, 0.6) is 0 Å². The van der Waals surface area contributed by atoms with Gasteiger partial charge in [0.15, 0.2) is 0 Å². The molecule has 11 heteroatoms. The summed E-state index contributed by atoms with van der Waals surface area (Å²) in [5.74, 6) is -3.48. The summed E-state index contributed by atoms with van der Waals surface area (Å²) in [5, 5.41) is 12.5. The first-order valence-corrected chi connectivity index (χ1v) is 16.7. The number of nitrogens with zero attached hydrogens (tertiary/aromatic N) is 2. The molecule has 3 amide bonds. The maximum atomic E-state index is 14.8. The second-order valence-corrected chi connectivity index (χ2v) is 12.8. The number of anilines is 1. The highest BCUT2D eigenvalue weighted by Crippen LogP contribution is 2.56. The van der Waals surface area contributed by atoms with Crippen molar-refractivity contribution in [3.05, 3.63) is 89.5 Å². The zero-order chi connectivity index (χ0) is 33.0. The van der Waals surface area contributed by atoms with Gasteiger partial charge in [0, 0.05) is 26.1 Å². The quantitative estimate of drug-likeness (QED) is 0.248. The lowest BCUT2D eigenvalue weighted by Gasteiger charge is -2.36. The molecule has 0 saturated carbocycles. The molecular weight excluding hydrogens is 622 g/mol. The van der Waals surface area contributed by atoms with E-state index in [1.165, 1.54) is 0 Å². The molecule has 10 nitrogen and oxygen atoms in total. The van der Waals surface area contributed by atoms with Crippen LogP contribution in [-0.2, 0) is 28.7 Å². The van der Waals surface area contributed by atoms with Crippen LogP contribution in [-0.4, -0.2) is 77.7 Å². The summed E-state index contributed by atoms with van der Waals surface area (Å²) in [5.41, 5.74) is -0.187. The van der Waals surface area contributed by atoms with Gasteiger partial charge in [-0.1, -0.05) is 91.2 Å². The van der Waals surface area contributed by atoms with E-state index in [1.54, 1.807) is 46.2 Å². The number of unbranched alkanes of at least 4 members (excludes halogenated alkanes) is 3. The lowest BCUT2D eigenvalue weighted by molar-refractivity contribution is -0.159. The third-order valence-corrected chi connectivity index (χ3v) is 9.82. The molecule has 47 heavy (non-hydrogen) atoms. The summed E-state index contributed by atoms with van der Waals surface area (Å²) < 4.78 is 12.6. The number of fused-ring (bicyclic) bond motifs is 2. The van der Waals surface area contributed by atoms with Crippen LogP contribution in [0.25, 0.3) is 0 Å². The molecule has 0 unspecified atom stereocenters. The van der Waals surface area contributed by atoms with E-state index in [4.69, 9.17) is 21.1 Å². The smallest absolute Gasteiger partial charge is 0.313 e. The molecule has 6 rings (SSSR count). The van der Waals surface area contributed by atoms with Crippen molar-refractivity contribution in [3.63, 3.8) is 0 Å². The van der Waals surface area contributed by atoms with Crippen LogP contribution < -0.4 is 10.2 Å². The lowest BCUT2D eigenvalue weighted by atomic mass is 9.74. The predicted octanol–water partition coefficient (Wildman–Crippen LogP) is 4.13. The number of amides is 3. The predicted molar refractivity (Wildman–Crippen MR) is 175 cm³/mol. The minimum Gasteiger partial charge on any atom is -0.455 e. The SMILES string of the molecule is O=C1CC/C=C\CN(c2ccccc2Cl)C(=O)[C@H]2N(CCCCCCO)C(=O)[C@@H]3[C@@H](C(=O)O[C@@H](c4ccccc4)CN1)[C@H]1C=C[C@]32O1. The Kier molecular flexibility index (Phi) is 10.1. The molecule has 4 heterocycles. The first-order chi connectivity index (χ1) is 22.9. The maximum Gasteiger partial charge on any atom is 0.313 e. The molecule has 2 aromatic carbocycles. The highest BCUT2D eigenvalue weighted by atomic mass is 35.5. The number of carbonyl (C=O) groups excluding carboxylic acids is 4. The largest absolute Gasteiger partial charge is 0.455 e. The van der Waals surface area contributed by atoms with Crippen LogP contribution in [0.3, 0.4) is 0 Å². The highest BCUT2D eigenvalue weighted by molar-refractivity contribution is 6.34. The number of aliphatic hydroxyl groups is 1. The lowest BCUT2D eigenvalue weighted by Crippen LogP contribution is -2.56. The van der Waals surface area contributed by atoms with Gasteiger partial charge in [0.1, 0.15) is 23.7 Å². The number of allylic oxidation sites excluding steroid dienone is 1. The summed E-state index contributed by atoms with van der Waals surface area (Å²) in [7, 11) is 0. The second-order valence-electron chi connectivity index (χ2n) is 12.4. The number of benzene rings is 2. The molecule has 6 atom stereocenters. The number of rotatable bonds is 8. The Bertz CT molecular complexity index is 1550. The number of nitrogens with one attached hydrogen (secondary N) is 1. The van der Waals surface area contributed by atoms with Gasteiger partial charge in [0.25, 0.3) is 5.91 Å². The van der Waals surface area contributed by atoms with Crippen LogP contribution in [0.1, 0.15) is 50.2 Å². The van der Waals surface area contributed by atoms with E-state index in [9.17, 15) is 24.3 Å². The van der Waals surface area contributed by atoms with E-state index < -0.39 is 41.7 Å². The van der Waals surface area contributed by atoms with Crippen LogP contribution >= 0.6 is 11.6 Å². The molecule has 4 aliphatic heterocycles. The van der Waals surface area contributed by atoms with Crippen molar-refractivity contribution in [3.8, 4) is 0 Å². The van der Waals surface area contributed by atoms with Crippen LogP contribution in [0, 0.1) is 11.8 Å². The standard InChI is InChI=1S/C36H40ClN3O7/c37-25-15-8-9-16-26(25)39-20-11-4-7-17-29(42)38-23-28(24-13-5-3-6-14-24)46-35(45)30-27-18-19-36(47-27)31(30)33(43)40(32(36)34(39)44)21-10-1-2-12-22-41/h3-6,8-9,11,13-16,18-19,27-28,30-32,41H,1-2,7,10,12,17,20-23H2,(H,38,42)/b11-4-/t27-,28-,30+,31+,32-,36+/m1/s1. The van der Waals surface area contributed by atoms with E-state index in [-0.39, 0.29) is 50.4 Å². The summed E-state index contributed by atoms with van der Waals surface area (Å²) >= 11 is 6.63. The molecule has 1 spiro atoms. The fourth-order valence-corrected chi connectivity index (χ4v) is 7.49. The zero-order valence-corrected chi connectivity index (χ0v) is 26.9. The van der Waals surface area contributed by atoms with Gasteiger partial charge in [-0.25, -0.2) is 0 Å². The number of halogens is 1. The van der Waals surface area contributed by atoms with Gasteiger partial charge in [-0.15, -0.1) is 0 Å². The summed E-state index contributed by atoms with van der Waals surface area (Å²) in [6, 6.07) is 15.1. The number of para-hydroxylation sites is 1. The Morgan fingerprint density at radius 3 is 2.49 bits per heavy atom. The first-order valence-electron chi connectivity index (χ1n) is 16.4. The highest BCUT2D eigenvalue weighted by Gasteiger charge is 2.73. The van der Waals surface area contributed by atoms with Gasteiger partial charge < -0.3 is 29.7 Å². The van der Waals surface area contributed by atoms with Gasteiger partial charge in [-0.05, 0) is 37.0 Å². The molecule has 5 bridgehead atoms. The van der Waals surface area contributed by atoms with Crippen molar-refractivity contribution in [2.24, 2.45) is 11.8 Å². The first kappa shape index (κ1) is 32.9. The summed E-state index contributed by atoms with van der Waals surface area (Å²) in [6.45, 7) is 0.590. The van der Waals surface area contributed by atoms with Crippen LogP contribution in [0.15, 0.2) is 78.9 Å². The number of cyclic esters (lactones) is 1. The van der Waals surface area contributed by atoms with Crippen molar-refractivity contribution in [1.82, 2.24) is 10.2 Å². The van der Waals surface area contributed by atoms with E-state index in [2.05, 4.69) is 5.32 Å².